The van der Waals surface area contributed by atoms with E-state index in [-0.39, 0.29) is 12.3 Å². The zero-order valence-corrected chi connectivity index (χ0v) is 14.1. The fraction of sp³-hybridized carbons (Fsp3) is 0.176. The maximum absolute atomic E-state index is 12.0. The van der Waals surface area contributed by atoms with Gasteiger partial charge < -0.3 is 10.1 Å². The molecule has 0 saturated heterocycles. The van der Waals surface area contributed by atoms with Gasteiger partial charge in [-0.05, 0) is 37.3 Å². The van der Waals surface area contributed by atoms with Gasteiger partial charge in [-0.2, -0.15) is 0 Å². The molecule has 0 aliphatic carbocycles. The van der Waals surface area contributed by atoms with Crippen LogP contribution >= 0.6 is 22.9 Å². The smallest absolute Gasteiger partial charge is 0.229 e. The van der Waals surface area contributed by atoms with E-state index < -0.39 is 0 Å². The van der Waals surface area contributed by atoms with Gasteiger partial charge in [0.05, 0.1) is 23.2 Å². The molecule has 0 aliphatic rings. The molecule has 0 aliphatic heterocycles. The van der Waals surface area contributed by atoms with Gasteiger partial charge in [0.1, 0.15) is 5.75 Å². The van der Waals surface area contributed by atoms with Crippen molar-refractivity contribution in [2.45, 2.75) is 13.3 Å². The molecule has 1 heterocycles. The van der Waals surface area contributed by atoms with E-state index in [9.17, 15) is 4.79 Å². The molecule has 0 fully saturated rings. The van der Waals surface area contributed by atoms with Crippen LogP contribution in [0, 0.1) is 6.92 Å². The summed E-state index contributed by atoms with van der Waals surface area (Å²) in [6.07, 6.45) is 0.268. The second-order valence-corrected chi connectivity index (χ2v) is 6.56. The van der Waals surface area contributed by atoms with Crippen LogP contribution in [0.5, 0.6) is 5.75 Å². The summed E-state index contributed by atoms with van der Waals surface area (Å²) in [4.78, 5) is 16.3. The van der Waals surface area contributed by atoms with Gasteiger partial charge in [0, 0.05) is 5.02 Å². The van der Waals surface area contributed by atoms with Gasteiger partial charge >= 0.3 is 0 Å². The molecular weight excluding hydrogens is 332 g/mol. The molecule has 6 heteroatoms. The number of halogens is 1. The molecule has 0 radical (unpaired) electrons. The fourth-order valence-electron chi connectivity index (χ4n) is 2.03. The maximum Gasteiger partial charge on any atom is 0.229 e. The van der Waals surface area contributed by atoms with Crippen molar-refractivity contribution in [3.63, 3.8) is 0 Å². The molecule has 1 aromatic heterocycles. The number of nitrogens with one attached hydrogen (secondary N) is 1. The number of ether oxygens (including phenoxy) is 1. The zero-order valence-electron chi connectivity index (χ0n) is 12.5. The molecule has 4 nitrogen and oxygen atoms in total. The number of hydrogen-bond acceptors (Lipinski definition) is 4. The van der Waals surface area contributed by atoms with Crippen LogP contribution in [-0.2, 0) is 4.79 Å². The van der Waals surface area contributed by atoms with Crippen molar-refractivity contribution in [1.82, 2.24) is 4.98 Å². The summed E-state index contributed by atoms with van der Waals surface area (Å²) in [7, 11) is 0. The Morgan fingerprint density at radius 3 is 2.83 bits per heavy atom. The Morgan fingerprint density at radius 2 is 2.04 bits per heavy atom. The first-order valence-electron chi connectivity index (χ1n) is 7.15. The number of fused-ring (bicyclic) bond motifs is 1. The number of amides is 1. The number of carbonyl (C=O) groups is 1. The molecule has 0 unspecified atom stereocenters. The van der Waals surface area contributed by atoms with Crippen LogP contribution in [-0.4, -0.2) is 17.5 Å². The number of anilines is 1. The zero-order chi connectivity index (χ0) is 16.2. The van der Waals surface area contributed by atoms with Gasteiger partial charge in [-0.25, -0.2) is 4.98 Å². The molecule has 3 aromatic rings. The number of carbonyl (C=O) groups excluding carboxylic acids is 1. The highest BCUT2D eigenvalue weighted by Crippen LogP contribution is 2.28. The summed E-state index contributed by atoms with van der Waals surface area (Å²) >= 11 is 7.35. The number of hydrogen-bond donors (Lipinski definition) is 1. The van der Waals surface area contributed by atoms with Crippen molar-refractivity contribution in [1.29, 1.82) is 0 Å². The highest BCUT2D eigenvalue weighted by Gasteiger charge is 2.08. The van der Waals surface area contributed by atoms with E-state index in [1.54, 1.807) is 6.07 Å². The molecule has 118 valence electrons. The molecule has 0 saturated carbocycles. The second-order valence-electron chi connectivity index (χ2n) is 5.09. The molecule has 0 atom stereocenters. The van der Waals surface area contributed by atoms with Crippen LogP contribution in [0.1, 0.15) is 12.0 Å². The van der Waals surface area contributed by atoms with Crippen molar-refractivity contribution in [3.8, 4) is 5.75 Å². The van der Waals surface area contributed by atoms with Gasteiger partial charge in [0.15, 0.2) is 5.13 Å². The Labute approximate surface area is 143 Å². The van der Waals surface area contributed by atoms with E-state index in [1.807, 2.05) is 43.3 Å². The SMILES string of the molecule is Cc1ccc(OCCC(=O)Nc2nc3ccc(Cl)cc3s2)cc1. The molecule has 3 rings (SSSR count). The van der Waals surface area contributed by atoms with Gasteiger partial charge in [0.25, 0.3) is 0 Å². The van der Waals surface area contributed by atoms with Crippen molar-refractivity contribution < 1.29 is 9.53 Å². The molecule has 23 heavy (non-hydrogen) atoms. The standard InChI is InChI=1S/C17H15ClN2O2S/c1-11-2-5-13(6-3-11)22-9-8-16(21)20-17-19-14-7-4-12(18)10-15(14)23-17/h2-7,10H,8-9H2,1H3,(H,19,20,21). The van der Waals surface area contributed by atoms with Crippen molar-refractivity contribution in [3.05, 3.63) is 53.1 Å². The van der Waals surface area contributed by atoms with Crippen LogP contribution in [0.15, 0.2) is 42.5 Å². The van der Waals surface area contributed by atoms with Gasteiger partial charge in [-0.3, -0.25) is 4.79 Å². The van der Waals surface area contributed by atoms with Gasteiger partial charge in [-0.15, -0.1) is 0 Å². The number of aromatic nitrogens is 1. The first-order chi connectivity index (χ1) is 11.1. The quantitative estimate of drug-likeness (QED) is 0.730. The van der Waals surface area contributed by atoms with Crippen LogP contribution < -0.4 is 10.1 Å². The lowest BCUT2D eigenvalue weighted by Crippen LogP contribution is -2.15. The molecule has 1 amide bonds. The van der Waals surface area contributed by atoms with E-state index in [1.165, 1.54) is 16.9 Å². The van der Waals surface area contributed by atoms with E-state index in [4.69, 9.17) is 16.3 Å². The summed E-state index contributed by atoms with van der Waals surface area (Å²) in [6.45, 7) is 2.34. The van der Waals surface area contributed by atoms with Crippen molar-refractivity contribution in [2.75, 3.05) is 11.9 Å². The third kappa shape index (κ3) is 4.21. The van der Waals surface area contributed by atoms with Gasteiger partial charge in [-0.1, -0.05) is 40.6 Å². The minimum Gasteiger partial charge on any atom is -0.493 e. The predicted molar refractivity (Wildman–Crippen MR) is 94.6 cm³/mol. The van der Waals surface area contributed by atoms with Crippen molar-refractivity contribution in [2.24, 2.45) is 0 Å². The predicted octanol–water partition coefficient (Wildman–Crippen LogP) is 4.67. The van der Waals surface area contributed by atoms with E-state index in [2.05, 4.69) is 10.3 Å². The largest absolute Gasteiger partial charge is 0.493 e. The lowest BCUT2D eigenvalue weighted by Gasteiger charge is -2.06. The van der Waals surface area contributed by atoms with Crippen LogP contribution in [0.2, 0.25) is 5.02 Å². The fourth-order valence-corrected chi connectivity index (χ4v) is 3.19. The summed E-state index contributed by atoms with van der Waals surface area (Å²) in [5.41, 5.74) is 2.00. The summed E-state index contributed by atoms with van der Waals surface area (Å²) < 4.78 is 6.50. The van der Waals surface area contributed by atoms with Crippen LogP contribution in [0.25, 0.3) is 10.2 Å². The number of aryl methyl sites for hydroxylation is 1. The molecule has 1 N–H and O–H groups in total. The summed E-state index contributed by atoms with van der Waals surface area (Å²) in [6, 6.07) is 13.2. The average Bonchev–Trinajstić information content (AvgIpc) is 2.90. The number of benzene rings is 2. The highest BCUT2D eigenvalue weighted by molar-refractivity contribution is 7.22. The Balaban J connectivity index is 1.53. The summed E-state index contributed by atoms with van der Waals surface area (Å²) in [5.74, 6) is 0.639. The number of rotatable bonds is 5. The summed E-state index contributed by atoms with van der Waals surface area (Å²) in [5, 5.41) is 4.02. The van der Waals surface area contributed by atoms with Crippen LogP contribution in [0.3, 0.4) is 0 Å². The monoisotopic (exact) mass is 346 g/mol. The first-order valence-corrected chi connectivity index (χ1v) is 8.35. The Bertz CT molecular complexity index is 830. The minimum atomic E-state index is -0.123. The minimum absolute atomic E-state index is 0.123. The van der Waals surface area contributed by atoms with E-state index >= 15 is 0 Å². The van der Waals surface area contributed by atoms with Crippen LogP contribution in [0.4, 0.5) is 5.13 Å². The normalized spacial score (nSPS) is 10.7. The molecule has 0 spiro atoms. The Hall–Kier alpha value is -2.11. The lowest BCUT2D eigenvalue weighted by atomic mass is 10.2. The molecule has 0 bridgehead atoms. The molecule has 2 aromatic carbocycles. The Kier molecular flexibility index (Phi) is 4.79. The van der Waals surface area contributed by atoms with E-state index in [0.29, 0.717) is 16.8 Å². The van der Waals surface area contributed by atoms with Gasteiger partial charge in [0.2, 0.25) is 5.91 Å². The number of thiazole rings is 1. The Morgan fingerprint density at radius 1 is 1.26 bits per heavy atom. The number of nitrogens with zero attached hydrogens (tertiary/aromatic N) is 1. The second kappa shape index (κ2) is 6.98. The van der Waals surface area contributed by atoms with Crippen molar-refractivity contribution >= 4 is 44.2 Å². The third-order valence-electron chi connectivity index (χ3n) is 3.22. The van der Waals surface area contributed by atoms with E-state index in [0.717, 1.165) is 16.0 Å². The third-order valence-corrected chi connectivity index (χ3v) is 4.38. The lowest BCUT2D eigenvalue weighted by molar-refractivity contribution is -0.116. The topological polar surface area (TPSA) is 51.2 Å². The molecular formula is C17H15ClN2O2S. The highest BCUT2D eigenvalue weighted by atomic mass is 35.5. The average molecular weight is 347 g/mol. The maximum atomic E-state index is 12.0. The first kappa shape index (κ1) is 15.8.